The molecule has 3 atom stereocenters. The quantitative estimate of drug-likeness (QED) is 0.636. The van der Waals surface area contributed by atoms with Crippen molar-refractivity contribution in [1.82, 2.24) is 5.32 Å². The molecule has 110 valence electrons. The van der Waals surface area contributed by atoms with Gasteiger partial charge in [0.15, 0.2) is 0 Å². The van der Waals surface area contributed by atoms with Gasteiger partial charge in [-0.15, -0.1) is 0 Å². The van der Waals surface area contributed by atoms with E-state index in [4.69, 9.17) is 0 Å². The van der Waals surface area contributed by atoms with Gasteiger partial charge in [-0.2, -0.15) is 13.2 Å². The fraction of sp³-hybridized carbons (Fsp3) is 0.909. The zero-order valence-corrected chi connectivity index (χ0v) is 10.7. The van der Waals surface area contributed by atoms with Gasteiger partial charge in [0, 0.05) is 23.3 Å². The van der Waals surface area contributed by atoms with Crippen molar-refractivity contribution in [3.05, 3.63) is 10.1 Å². The van der Waals surface area contributed by atoms with Gasteiger partial charge in [0.1, 0.15) is 5.92 Å². The van der Waals surface area contributed by atoms with Crippen molar-refractivity contribution in [3.8, 4) is 0 Å². The second-order valence-corrected chi connectivity index (χ2v) is 5.17. The third kappa shape index (κ3) is 4.07. The van der Waals surface area contributed by atoms with Crippen LogP contribution in [0.5, 0.6) is 0 Å². The molecule has 1 N–H and O–H groups in total. The summed E-state index contributed by atoms with van der Waals surface area (Å²) >= 11 is 0. The van der Waals surface area contributed by atoms with Crippen LogP contribution in [0.4, 0.5) is 13.2 Å². The molecule has 19 heavy (non-hydrogen) atoms. The molecule has 8 heteroatoms. The Morgan fingerprint density at radius 1 is 1.37 bits per heavy atom. The van der Waals surface area contributed by atoms with E-state index in [1.165, 1.54) is 0 Å². The highest BCUT2D eigenvalue weighted by Gasteiger charge is 2.53. The molecule has 0 heterocycles. The van der Waals surface area contributed by atoms with Crippen molar-refractivity contribution < 1.29 is 22.9 Å². The van der Waals surface area contributed by atoms with E-state index in [0.29, 0.717) is 0 Å². The molecule has 0 spiro atoms. The SMILES string of the molecule is CC(C)C(=O)NC1CCC([N+](=O)[O-])C(C(F)(F)F)C1. The largest absolute Gasteiger partial charge is 0.398 e. The van der Waals surface area contributed by atoms with Crippen LogP contribution in [0.25, 0.3) is 0 Å². The van der Waals surface area contributed by atoms with Crippen LogP contribution in [0.2, 0.25) is 0 Å². The fourth-order valence-corrected chi connectivity index (χ4v) is 2.26. The summed E-state index contributed by atoms with van der Waals surface area (Å²) in [6.45, 7) is 3.28. The van der Waals surface area contributed by atoms with E-state index in [1.54, 1.807) is 13.8 Å². The summed E-state index contributed by atoms with van der Waals surface area (Å²) in [6.07, 6.45) is -5.00. The maximum Gasteiger partial charge on any atom is 0.398 e. The second-order valence-electron chi connectivity index (χ2n) is 5.17. The van der Waals surface area contributed by atoms with Crippen LogP contribution in [-0.2, 0) is 4.79 Å². The standard InChI is InChI=1S/C11H17F3N2O3/c1-6(2)10(17)15-7-3-4-9(16(18)19)8(5-7)11(12,13)14/h6-9H,3-5H2,1-2H3,(H,15,17). The van der Waals surface area contributed by atoms with E-state index >= 15 is 0 Å². The van der Waals surface area contributed by atoms with Gasteiger partial charge >= 0.3 is 6.18 Å². The zero-order valence-electron chi connectivity index (χ0n) is 10.7. The molecule has 1 saturated carbocycles. The maximum atomic E-state index is 12.8. The van der Waals surface area contributed by atoms with Crippen molar-refractivity contribution in [2.45, 2.75) is 51.4 Å². The molecule has 1 amide bonds. The van der Waals surface area contributed by atoms with Crippen LogP contribution in [-0.4, -0.2) is 29.1 Å². The smallest absolute Gasteiger partial charge is 0.353 e. The van der Waals surface area contributed by atoms with Gasteiger partial charge in [0.05, 0.1) is 0 Å². The molecular formula is C11H17F3N2O3. The Morgan fingerprint density at radius 3 is 2.37 bits per heavy atom. The summed E-state index contributed by atoms with van der Waals surface area (Å²) in [6, 6.07) is -2.25. The number of nitrogens with one attached hydrogen (secondary N) is 1. The van der Waals surface area contributed by atoms with Crippen molar-refractivity contribution in [1.29, 1.82) is 0 Å². The number of alkyl halides is 3. The van der Waals surface area contributed by atoms with Crippen LogP contribution < -0.4 is 5.32 Å². The molecule has 1 aliphatic carbocycles. The monoisotopic (exact) mass is 282 g/mol. The molecule has 1 rings (SSSR count). The number of hydrogen-bond donors (Lipinski definition) is 1. The van der Waals surface area contributed by atoms with Gasteiger partial charge < -0.3 is 5.32 Å². The summed E-state index contributed by atoms with van der Waals surface area (Å²) in [7, 11) is 0. The van der Waals surface area contributed by atoms with Gasteiger partial charge in [0.2, 0.25) is 11.9 Å². The molecule has 0 aromatic heterocycles. The molecule has 3 unspecified atom stereocenters. The first kappa shape index (κ1) is 15.7. The molecule has 1 fully saturated rings. The Morgan fingerprint density at radius 2 is 1.95 bits per heavy atom. The molecule has 0 bridgehead atoms. The minimum absolute atomic E-state index is 0.166. The van der Waals surface area contributed by atoms with Crippen LogP contribution in [0, 0.1) is 22.0 Å². The number of amides is 1. The lowest BCUT2D eigenvalue weighted by molar-refractivity contribution is -0.545. The molecular weight excluding hydrogens is 265 g/mol. The van der Waals surface area contributed by atoms with E-state index in [-0.39, 0.29) is 24.7 Å². The van der Waals surface area contributed by atoms with Crippen molar-refractivity contribution >= 4 is 5.91 Å². The van der Waals surface area contributed by atoms with E-state index in [2.05, 4.69) is 5.32 Å². The predicted octanol–water partition coefficient (Wildman–Crippen LogP) is 2.13. The van der Waals surface area contributed by atoms with E-state index in [0.717, 1.165) is 0 Å². The van der Waals surface area contributed by atoms with Gasteiger partial charge in [-0.1, -0.05) is 13.8 Å². The van der Waals surface area contributed by atoms with Gasteiger partial charge in [0.25, 0.3) is 0 Å². The van der Waals surface area contributed by atoms with Gasteiger partial charge in [-0.25, -0.2) is 0 Å². The Labute approximate surface area is 108 Å². The molecule has 0 aromatic carbocycles. The summed E-state index contributed by atoms with van der Waals surface area (Å²) in [5.41, 5.74) is 0. The van der Waals surface area contributed by atoms with E-state index in [9.17, 15) is 28.1 Å². The highest BCUT2D eigenvalue weighted by atomic mass is 19.4. The molecule has 0 aromatic rings. The fourth-order valence-electron chi connectivity index (χ4n) is 2.26. The van der Waals surface area contributed by atoms with Crippen molar-refractivity contribution in [3.63, 3.8) is 0 Å². The van der Waals surface area contributed by atoms with Crippen LogP contribution in [0.1, 0.15) is 33.1 Å². The zero-order chi connectivity index (χ0) is 14.8. The first-order valence-electron chi connectivity index (χ1n) is 6.13. The number of carbonyl (C=O) groups is 1. The summed E-state index contributed by atoms with van der Waals surface area (Å²) in [5.74, 6) is -2.64. The average molecular weight is 282 g/mol. The normalized spacial score (nSPS) is 28.2. The highest BCUT2D eigenvalue weighted by Crippen LogP contribution is 2.39. The van der Waals surface area contributed by atoms with Crippen LogP contribution in [0.3, 0.4) is 0 Å². The molecule has 0 aliphatic heterocycles. The van der Waals surface area contributed by atoms with Crippen molar-refractivity contribution in [2.75, 3.05) is 0 Å². The number of nitro groups is 1. The Kier molecular flexibility index (Phi) is 4.75. The number of nitrogens with zero attached hydrogens (tertiary/aromatic N) is 1. The van der Waals surface area contributed by atoms with Gasteiger partial charge in [-0.3, -0.25) is 14.9 Å². The summed E-state index contributed by atoms with van der Waals surface area (Å²) < 4.78 is 38.4. The third-order valence-electron chi connectivity index (χ3n) is 3.38. The number of carbonyl (C=O) groups excluding carboxylic acids is 1. The van der Waals surface area contributed by atoms with E-state index < -0.39 is 35.5 Å². The Bertz CT molecular complexity index is 358. The van der Waals surface area contributed by atoms with Crippen molar-refractivity contribution in [2.24, 2.45) is 11.8 Å². The average Bonchev–Trinajstić information content (AvgIpc) is 2.27. The molecule has 1 aliphatic rings. The topological polar surface area (TPSA) is 72.2 Å². The first-order chi connectivity index (χ1) is 8.62. The Balaban J connectivity index is 2.74. The highest BCUT2D eigenvalue weighted by molar-refractivity contribution is 5.78. The number of halogens is 3. The second kappa shape index (κ2) is 5.75. The third-order valence-corrected chi connectivity index (χ3v) is 3.38. The number of hydrogen-bond acceptors (Lipinski definition) is 3. The minimum Gasteiger partial charge on any atom is -0.353 e. The molecule has 0 saturated heterocycles. The predicted molar refractivity (Wildman–Crippen MR) is 60.9 cm³/mol. The Hall–Kier alpha value is -1.34. The number of rotatable bonds is 3. The lowest BCUT2D eigenvalue weighted by Gasteiger charge is -2.33. The van der Waals surface area contributed by atoms with Crippen LogP contribution in [0.15, 0.2) is 0 Å². The summed E-state index contributed by atoms with van der Waals surface area (Å²) in [5, 5.41) is 13.2. The van der Waals surface area contributed by atoms with Gasteiger partial charge in [-0.05, 0) is 12.8 Å². The van der Waals surface area contributed by atoms with E-state index in [1.807, 2.05) is 0 Å². The molecule has 0 radical (unpaired) electrons. The molecule has 5 nitrogen and oxygen atoms in total. The van der Waals surface area contributed by atoms with Crippen LogP contribution >= 0.6 is 0 Å². The maximum absolute atomic E-state index is 12.8. The minimum atomic E-state index is -4.61. The lowest BCUT2D eigenvalue weighted by Crippen LogP contribution is -2.50. The lowest BCUT2D eigenvalue weighted by atomic mass is 9.81. The summed E-state index contributed by atoms with van der Waals surface area (Å²) in [4.78, 5) is 21.3. The first-order valence-corrected chi connectivity index (χ1v) is 6.13.